The largest absolute Gasteiger partial charge is 0.310 e. The molecule has 184 valence electrons. The van der Waals surface area contributed by atoms with E-state index in [0.29, 0.717) is 10.8 Å². The molecule has 4 aliphatic rings. The van der Waals surface area contributed by atoms with E-state index in [4.69, 9.17) is 4.18 Å². The Balaban J connectivity index is 1.24. The number of rotatable bonds is 6. The van der Waals surface area contributed by atoms with Crippen LogP contribution in [-0.2, 0) is 4.18 Å². The standard InChI is InChI=1S/C31H48OS/c1-6-23-20-26-27-12-9-24(15-18-32-33-25-10-7-21(2)8-11-25)30(27,4)17-14-28(26)31(5)16-13-22(3)19-29(23)31/h7-8,10-11,22-24,26-29H,6,9,12-20H2,1-5H3/t22-,23+,24-,26?,27?,28+,29?,30?,31?/m1/s1. The minimum Gasteiger partial charge on any atom is -0.310 e. The van der Waals surface area contributed by atoms with Crippen molar-refractivity contribution >= 4 is 12.0 Å². The van der Waals surface area contributed by atoms with E-state index in [1.807, 2.05) is 0 Å². The van der Waals surface area contributed by atoms with E-state index in [1.54, 1.807) is 18.5 Å². The van der Waals surface area contributed by atoms with E-state index < -0.39 is 0 Å². The molecule has 4 aliphatic carbocycles. The van der Waals surface area contributed by atoms with Crippen molar-refractivity contribution in [3.05, 3.63) is 29.8 Å². The minimum absolute atomic E-state index is 0.558. The Morgan fingerprint density at radius 3 is 2.39 bits per heavy atom. The normalized spacial score (nSPS) is 44.7. The van der Waals surface area contributed by atoms with E-state index in [9.17, 15) is 0 Å². The van der Waals surface area contributed by atoms with Crippen molar-refractivity contribution in [1.82, 2.24) is 0 Å². The molecule has 1 nitrogen and oxygen atoms in total. The first-order valence-corrected chi connectivity index (χ1v) is 15.0. The van der Waals surface area contributed by atoms with Crippen LogP contribution in [0.25, 0.3) is 0 Å². The van der Waals surface area contributed by atoms with Crippen LogP contribution in [0, 0.1) is 59.2 Å². The highest BCUT2D eigenvalue weighted by Crippen LogP contribution is 2.69. The first-order chi connectivity index (χ1) is 15.8. The van der Waals surface area contributed by atoms with Gasteiger partial charge in [0, 0.05) is 16.9 Å². The Kier molecular flexibility index (Phi) is 7.00. The lowest BCUT2D eigenvalue weighted by Gasteiger charge is -2.63. The van der Waals surface area contributed by atoms with Crippen molar-refractivity contribution in [3.63, 3.8) is 0 Å². The summed E-state index contributed by atoms with van der Waals surface area (Å²) in [6.45, 7) is 13.5. The maximum Gasteiger partial charge on any atom is 0.0621 e. The molecule has 4 fully saturated rings. The van der Waals surface area contributed by atoms with Gasteiger partial charge in [0.05, 0.1) is 6.61 Å². The fraction of sp³-hybridized carbons (Fsp3) is 0.806. The molecule has 33 heavy (non-hydrogen) atoms. The zero-order chi connectivity index (χ0) is 23.2. The van der Waals surface area contributed by atoms with Crippen LogP contribution in [0.4, 0.5) is 0 Å². The number of hydrogen-bond donors (Lipinski definition) is 0. The van der Waals surface area contributed by atoms with Crippen molar-refractivity contribution in [1.29, 1.82) is 0 Å². The Morgan fingerprint density at radius 1 is 0.909 bits per heavy atom. The van der Waals surface area contributed by atoms with Gasteiger partial charge in [0.1, 0.15) is 0 Å². The van der Waals surface area contributed by atoms with E-state index in [0.717, 1.165) is 48.0 Å². The molecule has 0 bridgehead atoms. The molecule has 0 heterocycles. The van der Waals surface area contributed by atoms with Crippen molar-refractivity contribution < 1.29 is 4.18 Å². The molecule has 2 heteroatoms. The summed E-state index contributed by atoms with van der Waals surface area (Å²) in [5.41, 5.74) is 2.50. The summed E-state index contributed by atoms with van der Waals surface area (Å²) in [4.78, 5) is 1.23. The van der Waals surface area contributed by atoms with Crippen LogP contribution in [-0.4, -0.2) is 6.61 Å². The number of fused-ring (bicyclic) bond motifs is 5. The molecular formula is C31H48OS. The lowest BCUT2D eigenvalue weighted by molar-refractivity contribution is -0.142. The summed E-state index contributed by atoms with van der Waals surface area (Å²) in [7, 11) is 0. The number of aryl methyl sites for hydroxylation is 1. The van der Waals surface area contributed by atoms with Gasteiger partial charge in [0.2, 0.25) is 0 Å². The highest BCUT2D eigenvalue weighted by atomic mass is 32.2. The Hall–Kier alpha value is -0.470. The van der Waals surface area contributed by atoms with Crippen LogP contribution < -0.4 is 0 Å². The van der Waals surface area contributed by atoms with Crippen LogP contribution in [0.5, 0.6) is 0 Å². The fourth-order valence-corrected chi connectivity index (χ4v) is 10.2. The van der Waals surface area contributed by atoms with Gasteiger partial charge in [-0.25, -0.2) is 0 Å². The van der Waals surface area contributed by atoms with Crippen LogP contribution >= 0.6 is 12.0 Å². The lowest BCUT2D eigenvalue weighted by Crippen LogP contribution is -2.56. The van der Waals surface area contributed by atoms with Crippen molar-refractivity contribution in [2.45, 2.75) is 104 Å². The molecule has 0 aromatic heterocycles. The van der Waals surface area contributed by atoms with Gasteiger partial charge in [0.15, 0.2) is 0 Å². The zero-order valence-electron chi connectivity index (χ0n) is 21.9. The van der Waals surface area contributed by atoms with E-state index in [-0.39, 0.29) is 0 Å². The molecule has 9 atom stereocenters. The summed E-state index contributed by atoms with van der Waals surface area (Å²) in [6.07, 6.45) is 14.6. The van der Waals surface area contributed by atoms with Crippen LogP contribution in [0.2, 0.25) is 0 Å². The van der Waals surface area contributed by atoms with Gasteiger partial charge in [-0.2, -0.15) is 0 Å². The predicted molar refractivity (Wildman–Crippen MR) is 141 cm³/mol. The topological polar surface area (TPSA) is 9.23 Å². The SMILES string of the molecule is CC[C@H]1CC2C3CC[C@H](CCOSc4ccc(C)cc4)C3(C)CC[C@@H]2C2(C)CC[C@@H](C)CC12. The van der Waals surface area contributed by atoms with E-state index in [1.165, 1.54) is 68.2 Å². The van der Waals surface area contributed by atoms with Gasteiger partial charge in [-0.3, -0.25) is 0 Å². The molecule has 4 saturated carbocycles. The Morgan fingerprint density at radius 2 is 1.64 bits per heavy atom. The summed E-state index contributed by atoms with van der Waals surface area (Å²) >= 11 is 1.57. The first-order valence-electron chi connectivity index (χ1n) is 14.2. The Labute approximate surface area is 208 Å². The van der Waals surface area contributed by atoms with Gasteiger partial charge in [0.25, 0.3) is 0 Å². The maximum atomic E-state index is 6.10. The second kappa shape index (κ2) is 9.53. The molecule has 0 radical (unpaired) electrons. The monoisotopic (exact) mass is 468 g/mol. The average Bonchev–Trinajstić information content (AvgIpc) is 3.14. The average molecular weight is 469 g/mol. The third kappa shape index (κ3) is 4.35. The first kappa shape index (κ1) is 24.2. The molecule has 0 spiro atoms. The molecule has 0 amide bonds. The van der Waals surface area contributed by atoms with E-state index in [2.05, 4.69) is 58.9 Å². The second-order valence-electron chi connectivity index (χ2n) is 13.1. The Bertz CT molecular complexity index is 804. The zero-order valence-corrected chi connectivity index (χ0v) is 22.8. The molecule has 0 aliphatic heterocycles. The molecule has 5 unspecified atom stereocenters. The van der Waals surface area contributed by atoms with Crippen LogP contribution in [0.15, 0.2) is 29.2 Å². The number of benzene rings is 1. The molecule has 5 rings (SSSR count). The highest BCUT2D eigenvalue weighted by Gasteiger charge is 2.61. The van der Waals surface area contributed by atoms with Gasteiger partial charge in [-0.1, -0.05) is 58.2 Å². The molecule has 1 aromatic rings. The molecular weight excluding hydrogens is 420 g/mol. The molecule has 0 saturated heterocycles. The summed E-state index contributed by atoms with van der Waals surface area (Å²) in [6, 6.07) is 8.72. The molecule has 0 N–H and O–H groups in total. The van der Waals surface area contributed by atoms with Gasteiger partial charge >= 0.3 is 0 Å². The third-order valence-electron chi connectivity index (χ3n) is 11.6. The third-order valence-corrected chi connectivity index (χ3v) is 12.3. The highest BCUT2D eigenvalue weighted by molar-refractivity contribution is 7.94. The smallest absolute Gasteiger partial charge is 0.0621 e. The quantitative estimate of drug-likeness (QED) is 0.304. The van der Waals surface area contributed by atoms with Crippen molar-refractivity contribution in [2.24, 2.45) is 52.3 Å². The number of hydrogen-bond acceptors (Lipinski definition) is 2. The van der Waals surface area contributed by atoms with E-state index >= 15 is 0 Å². The second-order valence-corrected chi connectivity index (χ2v) is 14.0. The predicted octanol–water partition coefficient (Wildman–Crippen LogP) is 9.34. The summed E-state index contributed by atoms with van der Waals surface area (Å²) in [5.74, 6) is 6.77. The van der Waals surface area contributed by atoms with Crippen molar-refractivity contribution in [2.75, 3.05) is 6.61 Å². The summed E-state index contributed by atoms with van der Waals surface area (Å²) in [5, 5.41) is 0. The van der Waals surface area contributed by atoms with Crippen LogP contribution in [0.1, 0.15) is 97.5 Å². The van der Waals surface area contributed by atoms with Crippen molar-refractivity contribution in [3.8, 4) is 0 Å². The lowest BCUT2D eigenvalue weighted by atomic mass is 9.42. The summed E-state index contributed by atoms with van der Waals surface area (Å²) < 4.78 is 6.10. The maximum absolute atomic E-state index is 6.10. The fourth-order valence-electron chi connectivity index (χ4n) is 9.63. The molecule has 1 aromatic carbocycles. The van der Waals surface area contributed by atoms with Crippen LogP contribution in [0.3, 0.4) is 0 Å². The minimum atomic E-state index is 0.558. The van der Waals surface area contributed by atoms with Gasteiger partial charge in [-0.15, -0.1) is 0 Å². The van der Waals surface area contributed by atoms with Gasteiger partial charge < -0.3 is 4.18 Å². The van der Waals surface area contributed by atoms with Gasteiger partial charge in [-0.05, 0) is 123 Å².